The molecule has 1 aromatic rings. The van der Waals surface area contributed by atoms with Crippen molar-refractivity contribution in [3.8, 4) is 0 Å². The Balaban J connectivity index is 1.80. The van der Waals surface area contributed by atoms with Crippen molar-refractivity contribution in [1.82, 2.24) is 10.6 Å². The number of piperidine rings is 1. The van der Waals surface area contributed by atoms with Gasteiger partial charge in [-0.3, -0.25) is 4.79 Å². The number of carbonyl (C=O) groups is 1. The molecule has 0 spiro atoms. The Hall–Kier alpha value is -1.00. The lowest BCUT2D eigenvalue weighted by Crippen LogP contribution is -2.37. The molecule has 1 heterocycles. The molecule has 2 rings (SSSR count). The Kier molecular flexibility index (Phi) is 5.08. The van der Waals surface area contributed by atoms with E-state index in [0.29, 0.717) is 6.54 Å². The third-order valence-electron chi connectivity index (χ3n) is 3.34. The molecule has 0 saturated carbocycles. The topological polar surface area (TPSA) is 41.1 Å². The van der Waals surface area contributed by atoms with Crippen molar-refractivity contribution in [2.45, 2.75) is 24.3 Å². The van der Waals surface area contributed by atoms with Crippen LogP contribution in [0.4, 0.5) is 0 Å². The van der Waals surface area contributed by atoms with Gasteiger partial charge in [-0.15, -0.1) is 11.8 Å². The molecule has 3 nitrogen and oxygen atoms in total. The van der Waals surface area contributed by atoms with Crippen molar-refractivity contribution in [3.63, 3.8) is 0 Å². The monoisotopic (exact) mass is 264 g/mol. The van der Waals surface area contributed by atoms with E-state index in [2.05, 4.69) is 41.2 Å². The smallest absolute Gasteiger partial charge is 0.223 e. The summed E-state index contributed by atoms with van der Waals surface area (Å²) in [5.74, 6) is 0.391. The summed E-state index contributed by atoms with van der Waals surface area (Å²) < 4.78 is 0. The largest absolute Gasteiger partial charge is 0.352 e. The zero-order valence-electron chi connectivity index (χ0n) is 10.7. The fourth-order valence-corrected chi connectivity index (χ4v) is 2.57. The van der Waals surface area contributed by atoms with Crippen LogP contribution in [0.5, 0.6) is 0 Å². The average molecular weight is 264 g/mol. The number of nitrogens with one attached hydrogen (secondary N) is 2. The zero-order chi connectivity index (χ0) is 12.8. The molecule has 1 fully saturated rings. The third-order valence-corrected chi connectivity index (χ3v) is 4.08. The minimum Gasteiger partial charge on any atom is -0.352 e. The molecule has 18 heavy (non-hydrogen) atoms. The molecular formula is C14H20N2OS. The Bertz CT molecular complexity index is 385. The number of carbonyl (C=O) groups excluding carboxylic acids is 1. The van der Waals surface area contributed by atoms with E-state index in [0.717, 1.165) is 31.5 Å². The summed E-state index contributed by atoms with van der Waals surface area (Å²) in [5, 5.41) is 6.31. The van der Waals surface area contributed by atoms with Crippen LogP contribution in [0.25, 0.3) is 0 Å². The van der Waals surface area contributed by atoms with Gasteiger partial charge in [-0.2, -0.15) is 0 Å². The van der Waals surface area contributed by atoms with E-state index in [4.69, 9.17) is 0 Å². The van der Waals surface area contributed by atoms with Crippen LogP contribution in [-0.4, -0.2) is 25.3 Å². The van der Waals surface area contributed by atoms with E-state index in [-0.39, 0.29) is 11.8 Å². The first-order valence-corrected chi connectivity index (χ1v) is 7.63. The van der Waals surface area contributed by atoms with Crippen LogP contribution in [0.2, 0.25) is 0 Å². The molecule has 1 aliphatic heterocycles. The van der Waals surface area contributed by atoms with E-state index >= 15 is 0 Å². The summed E-state index contributed by atoms with van der Waals surface area (Å²) in [5.41, 5.74) is 1.16. The molecule has 1 aliphatic rings. The van der Waals surface area contributed by atoms with Gasteiger partial charge in [-0.1, -0.05) is 12.1 Å². The van der Waals surface area contributed by atoms with Crippen LogP contribution >= 0.6 is 11.8 Å². The third kappa shape index (κ3) is 3.75. The Morgan fingerprint density at radius 2 is 2.00 bits per heavy atom. The minimum atomic E-state index is 0.191. The molecule has 2 N–H and O–H groups in total. The summed E-state index contributed by atoms with van der Waals surface area (Å²) in [6.45, 7) is 2.55. The SMILES string of the molecule is CSc1ccc(CNC(=O)C2CCNCC2)cc1. The molecular weight excluding hydrogens is 244 g/mol. The second-order valence-corrected chi connectivity index (χ2v) is 5.47. The normalized spacial score (nSPS) is 16.5. The van der Waals surface area contributed by atoms with Gasteiger partial charge in [-0.05, 0) is 49.9 Å². The highest BCUT2D eigenvalue weighted by atomic mass is 32.2. The molecule has 1 amide bonds. The summed E-state index contributed by atoms with van der Waals surface area (Å²) >= 11 is 1.73. The van der Waals surface area contributed by atoms with Gasteiger partial charge < -0.3 is 10.6 Å². The molecule has 0 aromatic heterocycles. The van der Waals surface area contributed by atoms with Gasteiger partial charge in [-0.25, -0.2) is 0 Å². The first-order valence-electron chi connectivity index (χ1n) is 6.41. The first kappa shape index (κ1) is 13.4. The highest BCUT2D eigenvalue weighted by Crippen LogP contribution is 2.15. The van der Waals surface area contributed by atoms with Gasteiger partial charge >= 0.3 is 0 Å². The fraction of sp³-hybridized carbons (Fsp3) is 0.500. The molecule has 0 radical (unpaired) electrons. The number of hydrogen-bond donors (Lipinski definition) is 2. The Morgan fingerprint density at radius 3 is 2.61 bits per heavy atom. The number of thioether (sulfide) groups is 1. The number of amides is 1. The van der Waals surface area contributed by atoms with E-state index in [9.17, 15) is 4.79 Å². The van der Waals surface area contributed by atoms with Crippen LogP contribution in [-0.2, 0) is 11.3 Å². The standard InChI is InChI=1S/C14H20N2OS/c1-18-13-4-2-11(3-5-13)10-16-14(17)12-6-8-15-9-7-12/h2-5,12,15H,6-10H2,1H3,(H,16,17). The van der Waals surface area contributed by atoms with E-state index in [1.165, 1.54) is 4.90 Å². The fourth-order valence-electron chi connectivity index (χ4n) is 2.16. The summed E-state index contributed by atoms with van der Waals surface area (Å²) in [6.07, 6.45) is 3.97. The first-order chi connectivity index (χ1) is 8.79. The van der Waals surface area contributed by atoms with Crippen LogP contribution in [0, 0.1) is 5.92 Å². The summed E-state index contributed by atoms with van der Waals surface area (Å²) in [4.78, 5) is 13.2. The minimum absolute atomic E-state index is 0.191. The lowest BCUT2D eigenvalue weighted by atomic mass is 9.97. The molecule has 0 bridgehead atoms. The Labute approximate surface area is 113 Å². The molecule has 0 unspecified atom stereocenters. The van der Waals surface area contributed by atoms with Crippen molar-refractivity contribution >= 4 is 17.7 Å². The summed E-state index contributed by atoms with van der Waals surface area (Å²) in [6, 6.07) is 8.34. The van der Waals surface area contributed by atoms with Gasteiger partial charge in [0.2, 0.25) is 5.91 Å². The zero-order valence-corrected chi connectivity index (χ0v) is 11.6. The maximum atomic E-state index is 12.0. The maximum Gasteiger partial charge on any atom is 0.223 e. The van der Waals surface area contributed by atoms with Crippen LogP contribution in [0.1, 0.15) is 18.4 Å². The number of benzene rings is 1. The lowest BCUT2D eigenvalue weighted by molar-refractivity contribution is -0.125. The lowest BCUT2D eigenvalue weighted by Gasteiger charge is -2.21. The van der Waals surface area contributed by atoms with Crippen molar-refractivity contribution in [2.75, 3.05) is 19.3 Å². The highest BCUT2D eigenvalue weighted by molar-refractivity contribution is 7.98. The van der Waals surface area contributed by atoms with Crippen molar-refractivity contribution in [3.05, 3.63) is 29.8 Å². The highest BCUT2D eigenvalue weighted by Gasteiger charge is 2.20. The van der Waals surface area contributed by atoms with Crippen LogP contribution < -0.4 is 10.6 Å². The second kappa shape index (κ2) is 6.81. The maximum absolute atomic E-state index is 12.0. The van der Waals surface area contributed by atoms with Crippen molar-refractivity contribution in [2.24, 2.45) is 5.92 Å². The second-order valence-electron chi connectivity index (χ2n) is 4.59. The predicted molar refractivity (Wildman–Crippen MR) is 75.7 cm³/mol. The van der Waals surface area contributed by atoms with Gasteiger partial charge in [0.05, 0.1) is 0 Å². The summed E-state index contributed by atoms with van der Waals surface area (Å²) in [7, 11) is 0. The van der Waals surface area contributed by atoms with Gasteiger partial charge in [0.15, 0.2) is 0 Å². The van der Waals surface area contributed by atoms with Gasteiger partial charge in [0.25, 0.3) is 0 Å². The van der Waals surface area contributed by atoms with E-state index in [1.807, 2.05) is 0 Å². The van der Waals surface area contributed by atoms with Crippen LogP contribution in [0.3, 0.4) is 0 Å². The quantitative estimate of drug-likeness (QED) is 0.818. The molecule has 0 atom stereocenters. The van der Waals surface area contributed by atoms with E-state index < -0.39 is 0 Å². The van der Waals surface area contributed by atoms with Crippen LogP contribution in [0.15, 0.2) is 29.2 Å². The predicted octanol–water partition coefficient (Wildman–Crippen LogP) is 2.02. The van der Waals surface area contributed by atoms with Gasteiger partial charge in [0, 0.05) is 17.4 Å². The molecule has 0 aliphatic carbocycles. The molecule has 1 aromatic carbocycles. The number of rotatable bonds is 4. The molecule has 1 saturated heterocycles. The van der Waals surface area contributed by atoms with Crippen molar-refractivity contribution < 1.29 is 4.79 Å². The number of hydrogen-bond acceptors (Lipinski definition) is 3. The average Bonchev–Trinajstić information content (AvgIpc) is 2.46. The van der Waals surface area contributed by atoms with Gasteiger partial charge in [0.1, 0.15) is 0 Å². The molecule has 98 valence electrons. The van der Waals surface area contributed by atoms with Crippen molar-refractivity contribution in [1.29, 1.82) is 0 Å². The Morgan fingerprint density at radius 1 is 1.33 bits per heavy atom. The van der Waals surface area contributed by atoms with E-state index in [1.54, 1.807) is 11.8 Å². The molecule has 4 heteroatoms.